The van der Waals surface area contributed by atoms with Crippen LogP contribution in [0.25, 0.3) is 0 Å². The Morgan fingerprint density at radius 3 is 2.62 bits per heavy atom. The molecule has 0 spiro atoms. The second-order valence-corrected chi connectivity index (χ2v) is 6.64. The van der Waals surface area contributed by atoms with Crippen molar-refractivity contribution in [2.45, 2.75) is 19.3 Å². The van der Waals surface area contributed by atoms with Crippen molar-refractivity contribution in [2.24, 2.45) is 11.7 Å². The molecule has 0 aliphatic carbocycles. The van der Waals surface area contributed by atoms with Gasteiger partial charge in [-0.15, -0.1) is 0 Å². The van der Waals surface area contributed by atoms with Crippen molar-refractivity contribution in [3.8, 4) is 0 Å². The van der Waals surface area contributed by atoms with Gasteiger partial charge in [-0.2, -0.15) is 0 Å². The Bertz CT molecular complexity index is 557. The van der Waals surface area contributed by atoms with Crippen LogP contribution in [0.4, 0.5) is 5.69 Å². The van der Waals surface area contributed by atoms with Crippen molar-refractivity contribution < 1.29 is 9.59 Å². The van der Waals surface area contributed by atoms with Crippen molar-refractivity contribution >= 4 is 17.5 Å². The second-order valence-electron chi connectivity index (χ2n) is 6.64. The lowest BCUT2D eigenvalue weighted by molar-refractivity contribution is -0.128. The number of likely N-dealkylation sites (tertiary alicyclic amines) is 1. The lowest BCUT2D eigenvalue weighted by Gasteiger charge is -2.31. The zero-order valence-corrected chi connectivity index (χ0v) is 14.6. The topological polar surface area (TPSA) is 78.7 Å². The first-order chi connectivity index (χ1) is 11.5. The molecule has 3 N–H and O–H groups in total. The predicted octanol–water partition coefficient (Wildman–Crippen LogP) is 0.609. The summed E-state index contributed by atoms with van der Waals surface area (Å²) in [4.78, 5) is 27.3. The Labute approximate surface area is 144 Å². The highest BCUT2D eigenvalue weighted by atomic mass is 16.2. The van der Waals surface area contributed by atoms with E-state index in [-0.39, 0.29) is 24.3 Å². The number of benzene rings is 1. The van der Waals surface area contributed by atoms with Gasteiger partial charge in [-0.05, 0) is 43.5 Å². The van der Waals surface area contributed by atoms with E-state index in [4.69, 9.17) is 5.73 Å². The number of primary amides is 1. The minimum absolute atomic E-state index is 0.0470. The summed E-state index contributed by atoms with van der Waals surface area (Å²) in [7, 11) is 4.03. The normalized spacial score (nSPS) is 18.2. The summed E-state index contributed by atoms with van der Waals surface area (Å²) in [5, 5.41) is 3.02. The van der Waals surface area contributed by atoms with E-state index in [1.165, 1.54) is 11.3 Å². The molecule has 1 aromatic carbocycles. The van der Waals surface area contributed by atoms with Crippen LogP contribution in [-0.4, -0.2) is 57.0 Å². The van der Waals surface area contributed by atoms with Crippen LogP contribution in [0, 0.1) is 5.92 Å². The molecule has 0 aromatic heterocycles. The van der Waals surface area contributed by atoms with Crippen LogP contribution in [0.5, 0.6) is 0 Å². The van der Waals surface area contributed by atoms with E-state index < -0.39 is 0 Å². The maximum absolute atomic E-state index is 12.3. The van der Waals surface area contributed by atoms with E-state index in [9.17, 15) is 9.59 Å². The van der Waals surface area contributed by atoms with E-state index in [0.717, 1.165) is 25.8 Å². The molecular weight excluding hydrogens is 304 g/mol. The zero-order chi connectivity index (χ0) is 17.5. The summed E-state index contributed by atoms with van der Waals surface area (Å²) >= 11 is 0. The number of rotatable bonds is 7. The largest absolute Gasteiger partial charge is 0.378 e. The zero-order valence-electron chi connectivity index (χ0n) is 14.6. The Kier molecular flexibility index (Phi) is 6.61. The van der Waals surface area contributed by atoms with Crippen LogP contribution in [-0.2, 0) is 16.0 Å². The number of hydrogen-bond donors (Lipinski definition) is 2. The number of anilines is 1. The first-order valence-electron chi connectivity index (χ1n) is 8.50. The summed E-state index contributed by atoms with van der Waals surface area (Å²) in [6, 6.07) is 8.35. The molecule has 132 valence electrons. The predicted molar refractivity (Wildman–Crippen MR) is 95.8 cm³/mol. The van der Waals surface area contributed by atoms with Crippen molar-refractivity contribution in [1.29, 1.82) is 0 Å². The smallest absolute Gasteiger partial charge is 0.231 e. The number of nitrogens with one attached hydrogen (secondary N) is 1. The molecule has 2 amide bonds. The molecule has 24 heavy (non-hydrogen) atoms. The highest BCUT2D eigenvalue weighted by Crippen LogP contribution is 2.16. The van der Waals surface area contributed by atoms with Crippen LogP contribution < -0.4 is 16.0 Å². The number of carbonyl (C=O) groups is 2. The van der Waals surface area contributed by atoms with Crippen molar-refractivity contribution in [3.63, 3.8) is 0 Å². The summed E-state index contributed by atoms with van der Waals surface area (Å²) in [6.07, 6.45) is 2.62. The Hall–Kier alpha value is -2.08. The average Bonchev–Trinajstić information content (AvgIpc) is 2.55. The van der Waals surface area contributed by atoms with Gasteiger partial charge in [-0.3, -0.25) is 14.5 Å². The molecule has 0 bridgehead atoms. The minimum Gasteiger partial charge on any atom is -0.378 e. The number of nitrogens with two attached hydrogens (primary N) is 1. The van der Waals surface area contributed by atoms with Gasteiger partial charge in [-0.1, -0.05) is 12.1 Å². The van der Waals surface area contributed by atoms with Crippen LogP contribution in [0.3, 0.4) is 0 Å². The third-order valence-corrected chi connectivity index (χ3v) is 4.42. The van der Waals surface area contributed by atoms with Gasteiger partial charge < -0.3 is 16.0 Å². The van der Waals surface area contributed by atoms with Gasteiger partial charge in [0.2, 0.25) is 11.8 Å². The molecule has 2 rings (SSSR count). The number of carbonyl (C=O) groups excluding carboxylic acids is 2. The van der Waals surface area contributed by atoms with E-state index in [2.05, 4.69) is 34.5 Å². The summed E-state index contributed by atoms with van der Waals surface area (Å²) in [5.41, 5.74) is 7.61. The molecule has 6 nitrogen and oxygen atoms in total. The second kappa shape index (κ2) is 8.68. The molecule has 1 unspecified atom stereocenters. The maximum Gasteiger partial charge on any atom is 0.231 e. The van der Waals surface area contributed by atoms with E-state index in [1.807, 2.05) is 19.0 Å². The third-order valence-electron chi connectivity index (χ3n) is 4.42. The van der Waals surface area contributed by atoms with Gasteiger partial charge in [0.15, 0.2) is 0 Å². The van der Waals surface area contributed by atoms with Crippen LogP contribution in [0.15, 0.2) is 24.3 Å². The molecule has 1 aromatic rings. The number of piperidine rings is 1. The summed E-state index contributed by atoms with van der Waals surface area (Å²) < 4.78 is 0. The first-order valence-corrected chi connectivity index (χ1v) is 8.50. The molecule has 0 radical (unpaired) electrons. The highest BCUT2D eigenvalue weighted by Gasteiger charge is 2.26. The molecule has 1 fully saturated rings. The fourth-order valence-electron chi connectivity index (χ4n) is 3.07. The van der Waals surface area contributed by atoms with Gasteiger partial charge in [0.25, 0.3) is 0 Å². The molecule has 1 aliphatic heterocycles. The molecular formula is C18H28N4O2. The number of nitrogens with zero attached hydrogens (tertiary/aromatic N) is 2. The van der Waals surface area contributed by atoms with E-state index >= 15 is 0 Å². The van der Waals surface area contributed by atoms with Crippen molar-refractivity contribution in [3.05, 3.63) is 29.8 Å². The lowest BCUT2D eigenvalue weighted by atomic mass is 9.97. The molecule has 1 heterocycles. The molecule has 0 saturated carbocycles. The van der Waals surface area contributed by atoms with Gasteiger partial charge in [0, 0.05) is 32.9 Å². The van der Waals surface area contributed by atoms with Crippen LogP contribution in [0.1, 0.15) is 18.4 Å². The molecule has 6 heteroatoms. The van der Waals surface area contributed by atoms with Crippen LogP contribution in [0.2, 0.25) is 0 Å². The Morgan fingerprint density at radius 1 is 1.29 bits per heavy atom. The lowest BCUT2D eigenvalue weighted by Crippen LogP contribution is -2.46. The van der Waals surface area contributed by atoms with Gasteiger partial charge in [0.05, 0.1) is 12.5 Å². The summed E-state index contributed by atoms with van der Waals surface area (Å²) in [5.74, 6) is -0.305. The number of hydrogen-bond acceptors (Lipinski definition) is 4. The van der Waals surface area contributed by atoms with Crippen LogP contribution >= 0.6 is 0 Å². The van der Waals surface area contributed by atoms with Gasteiger partial charge >= 0.3 is 0 Å². The monoisotopic (exact) mass is 332 g/mol. The first kappa shape index (κ1) is 18.3. The third kappa shape index (κ3) is 5.53. The fourth-order valence-corrected chi connectivity index (χ4v) is 3.07. The molecule has 1 saturated heterocycles. The fraction of sp³-hybridized carbons (Fsp3) is 0.556. The van der Waals surface area contributed by atoms with E-state index in [1.54, 1.807) is 0 Å². The maximum atomic E-state index is 12.3. The Morgan fingerprint density at radius 2 is 2.00 bits per heavy atom. The van der Waals surface area contributed by atoms with Crippen molar-refractivity contribution in [2.75, 3.05) is 45.2 Å². The highest BCUT2D eigenvalue weighted by molar-refractivity contribution is 5.79. The standard InChI is InChI=1S/C18H28N4O2/c1-21(2)16-7-5-14(6-8-16)9-10-20-18(24)15-4-3-11-22(12-15)13-17(19)23/h5-8,15H,3-4,9-13H2,1-2H3,(H2,19,23)(H,20,24). The van der Waals surface area contributed by atoms with Gasteiger partial charge in [-0.25, -0.2) is 0 Å². The van der Waals surface area contributed by atoms with Crippen molar-refractivity contribution in [1.82, 2.24) is 10.2 Å². The quantitative estimate of drug-likeness (QED) is 0.767. The average molecular weight is 332 g/mol. The molecule has 1 atom stereocenters. The summed E-state index contributed by atoms with van der Waals surface area (Å²) in [6.45, 7) is 2.33. The molecule has 1 aliphatic rings. The SMILES string of the molecule is CN(C)c1ccc(CCNC(=O)C2CCCN(CC(N)=O)C2)cc1. The van der Waals surface area contributed by atoms with E-state index in [0.29, 0.717) is 13.1 Å². The minimum atomic E-state index is -0.336. The number of amides is 2. The Balaban J connectivity index is 1.75. The van der Waals surface area contributed by atoms with Gasteiger partial charge in [0.1, 0.15) is 0 Å².